The first kappa shape index (κ1) is 9.97. The lowest BCUT2D eigenvalue weighted by atomic mass is 9.80. The fourth-order valence-electron chi connectivity index (χ4n) is 1.79. The summed E-state index contributed by atoms with van der Waals surface area (Å²) in [5.41, 5.74) is 1.17. The largest absolute Gasteiger partial charge is 0.359 e. The van der Waals surface area contributed by atoms with E-state index in [1.54, 1.807) is 11.3 Å². The Morgan fingerprint density at radius 1 is 1.43 bits per heavy atom. The maximum absolute atomic E-state index is 4.50. The van der Waals surface area contributed by atoms with E-state index >= 15 is 0 Å². The van der Waals surface area contributed by atoms with Crippen molar-refractivity contribution in [1.29, 1.82) is 0 Å². The lowest BCUT2D eigenvalue weighted by molar-refractivity contribution is 0.285. The summed E-state index contributed by atoms with van der Waals surface area (Å²) >= 11 is 1.77. The van der Waals surface area contributed by atoms with Gasteiger partial charge in [-0.15, -0.1) is 11.3 Å². The van der Waals surface area contributed by atoms with Gasteiger partial charge in [-0.25, -0.2) is 4.98 Å². The van der Waals surface area contributed by atoms with Crippen LogP contribution in [-0.2, 0) is 0 Å². The monoisotopic (exact) mass is 210 g/mol. The van der Waals surface area contributed by atoms with Crippen LogP contribution >= 0.6 is 11.3 Å². The predicted molar refractivity (Wildman–Crippen MR) is 62.0 cm³/mol. The molecule has 14 heavy (non-hydrogen) atoms. The molecule has 0 saturated heterocycles. The molecule has 1 heterocycles. The molecule has 1 fully saturated rings. The Labute approximate surface area is 89.8 Å². The third kappa shape index (κ3) is 1.92. The summed E-state index contributed by atoms with van der Waals surface area (Å²) in [4.78, 5) is 5.83. The minimum absolute atomic E-state index is 0.591. The average Bonchev–Trinajstić information content (AvgIpc) is 2.26. The number of aromatic nitrogens is 1. The second-order valence-electron chi connectivity index (χ2n) is 4.28. The van der Waals surface area contributed by atoms with Gasteiger partial charge in [-0.3, -0.25) is 0 Å². The minimum Gasteiger partial charge on any atom is -0.359 e. The molecule has 0 radical (unpaired) electrons. The van der Waals surface area contributed by atoms with Gasteiger partial charge in [0.05, 0.1) is 5.69 Å². The van der Waals surface area contributed by atoms with Gasteiger partial charge in [-0.2, -0.15) is 0 Å². The number of hydrogen-bond donors (Lipinski definition) is 1. The van der Waals surface area contributed by atoms with Gasteiger partial charge in [0.2, 0.25) is 0 Å². The normalized spacial score (nSPS) is 19.1. The number of aryl methyl sites for hydroxylation is 2. The number of nitrogens with zero attached hydrogens (tertiary/aromatic N) is 1. The van der Waals surface area contributed by atoms with E-state index in [1.807, 2.05) is 0 Å². The lowest BCUT2D eigenvalue weighted by Crippen LogP contribution is -2.30. The van der Waals surface area contributed by atoms with Crippen molar-refractivity contribution >= 4 is 16.5 Å². The van der Waals surface area contributed by atoms with Gasteiger partial charge in [0.1, 0.15) is 0 Å². The SMILES string of the molecule is Cc1nc(N[C@@H](C)C2CCC2)sc1C. The van der Waals surface area contributed by atoms with Crippen molar-refractivity contribution < 1.29 is 0 Å². The molecule has 1 N–H and O–H groups in total. The summed E-state index contributed by atoms with van der Waals surface area (Å²) in [6.45, 7) is 6.48. The quantitative estimate of drug-likeness (QED) is 0.827. The smallest absolute Gasteiger partial charge is 0.183 e. The molecule has 0 spiro atoms. The van der Waals surface area contributed by atoms with Crippen molar-refractivity contribution in [3.05, 3.63) is 10.6 Å². The zero-order valence-electron chi connectivity index (χ0n) is 9.13. The summed E-state index contributed by atoms with van der Waals surface area (Å²) < 4.78 is 0. The molecule has 1 atom stereocenters. The molecule has 1 aromatic rings. The van der Waals surface area contributed by atoms with Crippen LogP contribution in [0.25, 0.3) is 0 Å². The fourth-order valence-corrected chi connectivity index (χ4v) is 2.70. The highest BCUT2D eigenvalue weighted by molar-refractivity contribution is 7.15. The Morgan fingerprint density at radius 3 is 2.57 bits per heavy atom. The van der Waals surface area contributed by atoms with Crippen LogP contribution in [0.1, 0.15) is 36.8 Å². The molecule has 2 nitrogen and oxygen atoms in total. The van der Waals surface area contributed by atoms with Crippen LogP contribution in [0.5, 0.6) is 0 Å². The van der Waals surface area contributed by atoms with Crippen molar-refractivity contribution in [3.63, 3.8) is 0 Å². The lowest BCUT2D eigenvalue weighted by Gasteiger charge is -2.31. The van der Waals surface area contributed by atoms with E-state index in [4.69, 9.17) is 0 Å². The molecule has 0 amide bonds. The third-order valence-corrected chi connectivity index (χ3v) is 4.24. The van der Waals surface area contributed by atoms with E-state index in [9.17, 15) is 0 Å². The number of hydrogen-bond acceptors (Lipinski definition) is 3. The zero-order chi connectivity index (χ0) is 10.1. The molecule has 1 saturated carbocycles. The molecule has 78 valence electrons. The molecule has 3 heteroatoms. The highest BCUT2D eigenvalue weighted by Crippen LogP contribution is 2.32. The van der Waals surface area contributed by atoms with E-state index in [1.165, 1.54) is 29.8 Å². The van der Waals surface area contributed by atoms with Crippen LogP contribution in [0.3, 0.4) is 0 Å². The van der Waals surface area contributed by atoms with Crippen molar-refractivity contribution in [2.75, 3.05) is 5.32 Å². The average molecular weight is 210 g/mol. The molecule has 0 bridgehead atoms. The van der Waals surface area contributed by atoms with E-state index in [2.05, 4.69) is 31.1 Å². The van der Waals surface area contributed by atoms with Crippen molar-refractivity contribution in [1.82, 2.24) is 4.98 Å². The van der Waals surface area contributed by atoms with Crippen LogP contribution < -0.4 is 5.32 Å². The first-order chi connectivity index (χ1) is 6.66. The molecule has 0 aliphatic heterocycles. The van der Waals surface area contributed by atoms with Gasteiger partial charge in [0.15, 0.2) is 5.13 Å². The molecule has 1 aromatic heterocycles. The summed E-state index contributed by atoms with van der Waals surface area (Å²) in [5.74, 6) is 0.875. The van der Waals surface area contributed by atoms with Crippen LogP contribution in [0.4, 0.5) is 5.13 Å². The Bertz CT molecular complexity index is 296. The van der Waals surface area contributed by atoms with E-state index in [-0.39, 0.29) is 0 Å². The van der Waals surface area contributed by atoms with E-state index < -0.39 is 0 Å². The highest BCUT2D eigenvalue weighted by atomic mass is 32.1. The Morgan fingerprint density at radius 2 is 2.14 bits per heavy atom. The molecule has 1 aliphatic carbocycles. The summed E-state index contributed by atoms with van der Waals surface area (Å²) in [6, 6.07) is 0.591. The summed E-state index contributed by atoms with van der Waals surface area (Å²) in [7, 11) is 0. The topological polar surface area (TPSA) is 24.9 Å². The Balaban J connectivity index is 1.95. The van der Waals surface area contributed by atoms with Gasteiger partial charge in [-0.05, 0) is 39.5 Å². The minimum atomic E-state index is 0.591. The predicted octanol–water partition coefficient (Wildman–Crippen LogP) is 3.36. The highest BCUT2D eigenvalue weighted by Gasteiger charge is 2.24. The molecule has 0 unspecified atom stereocenters. The molecule has 2 rings (SSSR count). The van der Waals surface area contributed by atoms with Gasteiger partial charge in [0.25, 0.3) is 0 Å². The first-order valence-corrected chi connectivity index (χ1v) is 6.19. The van der Waals surface area contributed by atoms with Crippen molar-refractivity contribution in [2.45, 2.75) is 46.1 Å². The maximum Gasteiger partial charge on any atom is 0.183 e. The fraction of sp³-hybridized carbons (Fsp3) is 0.727. The third-order valence-electron chi connectivity index (χ3n) is 3.24. The van der Waals surface area contributed by atoms with Crippen LogP contribution in [0.2, 0.25) is 0 Å². The van der Waals surface area contributed by atoms with Crippen molar-refractivity contribution in [2.24, 2.45) is 5.92 Å². The van der Waals surface area contributed by atoms with Gasteiger partial charge >= 0.3 is 0 Å². The van der Waals surface area contributed by atoms with Gasteiger partial charge in [-0.1, -0.05) is 6.42 Å². The molecular formula is C11H18N2S. The molecule has 1 aliphatic rings. The molecular weight excluding hydrogens is 192 g/mol. The van der Waals surface area contributed by atoms with Gasteiger partial charge in [0, 0.05) is 10.9 Å². The summed E-state index contributed by atoms with van der Waals surface area (Å²) in [6.07, 6.45) is 4.18. The second-order valence-corrected chi connectivity index (χ2v) is 5.49. The van der Waals surface area contributed by atoms with E-state index in [0.29, 0.717) is 6.04 Å². The molecule has 0 aromatic carbocycles. The Hall–Kier alpha value is -0.570. The number of thiazole rings is 1. The standard InChI is InChI=1S/C11H18N2S/c1-7-9(3)14-11(12-7)13-8(2)10-5-4-6-10/h8,10H,4-6H2,1-3H3,(H,12,13)/t8-/m0/s1. The maximum atomic E-state index is 4.50. The van der Waals surface area contributed by atoms with Crippen LogP contribution in [-0.4, -0.2) is 11.0 Å². The number of anilines is 1. The van der Waals surface area contributed by atoms with E-state index in [0.717, 1.165) is 11.0 Å². The summed E-state index contributed by atoms with van der Waals surface area (Å²) in [5, 5.41) is 4.61. The first-order valence-electron chi connectivity index (χ1n) is 5.37. The van der Waals surface area contributed by atoms with Crippen LogP contribution in [0.15, 0.2) is 0 Å². The van der Waals surface area contributed by atoms with Gasteiger partial charge < -0.3 is 5.32 Å². The van der Waals surface area contributed by atoms with Crippen molar-refractivity contribution in [3.8, 4) is 0 Å². The second kappa shape index (κ2) is 3.89. The number of rotatable bonds is 3. The Kier molecular flexibility index (Phi) is 2.77. The van der Waals surface area contributed by atoms with Crippen LogP contribution in [0, 0.1) is 19.8 Å². The zero-order valence-corrected chi connectivity index (χ0v) is 9.95. The number of nitrogens with one attached hydrogen (secondary N) is 1.